The molecule has 0 aliphatic rings. The van der Waals surface area contributed by atoms with E-state index in [1.165, 1.54) is 6.08 Å². The van der Waals surface area contributed by atoms with E-state index in [1.54, 1.807) is 6.08 Å². The van der Waals surface area contributed by atoms with Crippen LogP contribution in [0.15, 0.2) is 48.5 Å². The summed E-state index contributed by atoms with van der Waals surface area (Å²) in [7, 11) is 0. The van der Waals surface area contributed by atoms with E-state index < -0.39 is 0 Å². The van der Waals surface area contributed by atoms with E-state index in [-0.39, 0.29) is 5.91 Å². The summed E-state index contributed by atoms with van der Waals surface area (Å²) < 4.78 is 16.8. The Hall–Kier alpha value is -2.95. The topological polar surface area (TPSA) is 56.8 Å². The second-order valence-corrected chi connectivity index (χ2v) is 6.12. The van der Waals surface area contributed by atoms with E-state index >= 15 is 0 Å². The van der Waals surface area contributed by atoms with Gasteiger partial charge in [-0.25, -0.2) is 0 Å². The number of hydrogen-bond acceptors (Lipinski definition) is 4. The second-order valence-electron chi connectivity index (χ2n) is 6.12. The van der Waals surface area contributed by atoms with Crippen molar-refractivity contribution in [3.05, 3.63) is 54.1 Å². The van der Waals surface area contributed by atoms with Gasteiger partial charge in [0.1, 0.15) is 5.75 Å². The molecule has 0 saturated heterocycles. The van der Waals surface area contributed by atoms with Gasteiger partial charge in [-0.1, -0.05) is 19.4 Å². The van der Waals surface area contributed by atoms with Gasteiger partial charge < -0.3 is 19.5 Å². The SMILES string of the molecule is CCCCOc1ccc(NC(=O)C=Cc2ccc(OCC)c(OCC)c2)cc1. The number of amides is 1. The number of rotatable bonds is 11. The zero-order chi connectivity index (χ0) is 20.2. The van der Waals surface area contributed by atoms with Gasteiger partial charge in [0, 0.05) is 11.8 Å². The predicted octanol–water partition coefficient (Wildman–Crippen LogP) is 5.31. The van der Waals surface area contributed by atoms with Crippen molar-refractivity contribution in [3.63, 3.8) is 0 Å². The van der Waals surface area contributed by atoms with Crippen molar-refractivity contribution < 1.29 is 19.0 Å². The van der Waals surface area contributed by atoms with Crippen molar-refractivity contribution in [2.75, 3.05) is 25.1 Å². The molecule has 0 fully saturated rings. The third-order valence-electron chi connectivity index (χ3n) is 3.88. The van der Waals surface area contributed by atoms with Crippen LogP contribution in [0.25, 0.3) is 6.08 Å². The minimum absolute atomic E-state index is 0.202. The fourth-order valence-corrected chi connectivity index (χ4v) is 2.50. The molecular formula is C23H29NO4. The third kappa shape index (κ3) is 6.99. The van der Waals surface area contributed by atoms with Gasteiger partial charge in [0.05, 0.1) is 19.8 Å². The van der Waals surface area contributed by atoms with Crippen molar-refractivity contribution in [1.82, 2.24) is 0 Å². The molecule has 0 spiro atoms. The molecule has 2 aromatic rings. The van der Waals surface area contributed by atoms with Crippen molar-refractivity contribution in [2.45, 2.75) is 33.6 Å². The molecule has 2 rings (SSSR count). The normalized spacial score (nSPS) is 10.7. The van der Waals surface area contributed by atoms with Crippen LogP contribution >= 0.6 is 0 Å². The summed E-state index contributed by atoms with van der Waals surface area (Å²) in [5.74, 6) is 1.98. The van der Waals surface area contributed by atoms with Crippen LogP contribution in [0.5, 0.6) is 17.2 Å². The Bertz CT molecular complexity index is 769. The number of carbonyl (C=O) groups excluding carboxylic acids is 1. The van der Waals surface area contributed by atoms with E-state index in [2.05, 4.69) is 12.2 Å². The molecule has 28 heavy (non-hydrogen) atoms. The lowest BCUT2D eigenvalue weighted by atomic mass is 10.2. The maximum Gasteiger partial charge on any atom is 0.248 e. The summed E-state index contributed by atoms with van der Waals surface area (Å²) in [6.45, 7) is 7.80. The summed E-state index contributed by atoms with van der Waals surface area (Å²) in [5.41, 5.74) is 1.58. The molecule has 0 aliphatic carbocycles. The molecule has 0 radical (unpaired) electrons. The summed E-state index contributed by atoms with van der Waals surface area (Å²) in [4.78, 5) is 12.2. The Morgan fingerprint density at radius 1 is 0.929 bits per heavy atom. The smallest absolute Gasteiger partial charge is 0.248 e. The van der Waals surface area contributed by atoms with E-state index in [0.717, 1.165) is 29.8 Å². The molecule has 2 aromatic carbocycles. The lowest BCUT2D eigenvalue weighted by Crippen LogP contribution is -2.07. The Morgan fingerprint density at radius 3 is 2.32 bits per heavy atom. The van der Waals surface area contributed by atoms with Gasteiger partial charge in [0.25, 0.3) is 0 Å². The zero-order valence-electron chi connectivity index (χ0n) is 16.9. The molecule has 1 N–H and O–H groups in total. The Kier molecular flexibility index (Phi) is 8.92. The lowest BCUT2D eigenvalue weighted by molar-refractivity contribution is -0.111. The van der Waals surface area contributed by atoms with Gasteiger partial charge in [-0.3, -0.25) is 4.79 Å². The van der Waals surface area contributed by atoms with Crippen LogP contribution in [0.4, 0.5) is 5.69 Å². The summed E-state index contributed by atoms with van der Waals surface area (Å²) in [5, 5.41) is 2.84. The van der Waals surface area contributed by atoms with Crippen molar-refractivity contribution in [1.29, 1.82) is 0 Å². The van der Waals surface area contributed by atoms with Crippen LogP contribution < -0.4 is 19.5 Å². The van der Waals surface area contributed by atoms with E-state index in [0.29, 0.717) is 31.3 Å². The second kappa shape index (κ2) is 11.7. The summed E-state index contributed by atoms with van der Waals surface area (Å²) in [6.07, 6.45) is 5.37. The van der Waals surface area contributed by atoms with Crippen LogP contribution in [0.2, 0.25) is 0 Å². The average molecular weight is 383 g/mol. The van der Waals surface area contributed by atoms with E-state index in [1.807, 2.05) is 56.3 Å². The highest BCUT2D eigenvalue weighted by atomic mass is 16.5. The fraction of sp³-hybridized carbons (Fsp3) is 0.348. The van der Waals surface area contributed by atoms with Crippen LogP contribution in [0, 0.1) is 0 Å². The molecular weight excluding hydrogens is 354 g/mol. The number of carbonyl (C=O) groups is 1. The van der Waals surface area contributed by atoms with Crippen molar-refractivity contribution in [3.8, 4) is 17.2 Å². The fourth-order valence-electron chi connectivity index (χ4n) is 2.50. The van der Waals surface area contributed by atoms with Crippen LogP contribution in [0.1, 0.15) is 39.2 Å². The van der Waals surface area contributed by atoms with Gasteiger partial charge in [-0.2, -0.15) is 0 Å². The van der Waals surface area contributed by atoms with Crippen LogP contribution in [-0.4, -0.2) is 25.7 Å². The van der Waals surface area contributed by atoms with Crippen LogP contribution in [0.3, 0.4) is 0 Å². The molecule has 5 nitrogen and oxygen atoms in total. The van der Waals surface area contributed by atoms with Gasteiger partial charge in [-0.05, 0) is 68.3 Å². The number of unbranched alkanes of at least 4 members (excludes halogenated alkanes) is 1. The van der Waals surface area contributed by atoms with Crippen molar-refractivity contribution >= 4 is 17.7 Å². The highest BCUT2D eigenvalue weighted by molar-refractivity contribution is 6.01. The highest BCUT2D eigenvalue weighted by Gasteiger charge is 2.05. The van der Waals surface area contributed by atoms with E-state index in [9.17, 15) is 4.79 Å². The number of ether oxygens (including phenoxy) is 3. The monoisotopic (exact) mass is 383 g/mol. The molecule has 0 aromatic heterocycles. The lowest BCUT2D eigenvalue weighted by Gasteiger charge is -2.11. The summed E-state index contributed by atoms with van der Waals surface area (Å²) in [6, 6.07) is 13.0. The molecule has 0 bridgehead atoms. The average Bonchev–Trinajstić information content (AvgIpc) is 2.70. The molecule has 150 valence electrons. The molecule has 0 saturated carbocycles. The summed E-state index contributed by atoms with van der Waals surface area (Å²) >= 11 is 0. The Labute approximate surface area is 167 Å². The minimum Gasteiger partial charge on any atom is -0.494 e. The molecule has 0 unspecified atom stereocenters. The first-order valence-corrected chi connectivity index (χ1v) is 9.77. The third-order valence-corrected chi connectivity index (χ3v) is 3.88. The number of benzene rings is 2. The number of nitrogens with one attached hydrogen (secondary N) is 1. The van der Waals surface area contributed by atoms with Gasteiger partial charge >= 0.3 is 0 Å². The van der Waals surface area contributed by atoms with Gasteiger partial charge in [0.2, 0.25) is 5.91 Å². The first-order chi connectivity index (χ1) is 13.7. The molecule has 1 amide bonds. The van der Waals surface area contributed by atoms with Crippen molar-refractivity contribution in [2.24, 2.45) is 0 Å². The number of anilines is 1. The molecule has 0 aliphatic heterocycles. The standard InChI is InChI=1S/C23H29NO4/c1-4-7-16-28-20-12-10-19(11-13-20)24-23(25)15-9-18-8-14-21(26-5-2)22(17-18)27-6-3/h8-15,17H,4-7,16H2,1-3H3,(H,24,25). The first-order valence-electron chi connectivity index (χ1n) is 9.77. The van der Waals surface area contributed by atoms with Gasteiger partial charge in [0.15, 0.2) is 11.5 Å². The maximum atomic E-state index is 12.2. The molecule has 5 heteroatoms. The maximum absolute atomic E-state index is 12.2. The number of hydrogen-bond donors (Lipinski definition) is 1. The minimum atomic E-state index is -0.202. The zero-order valence-corrected chi connectivity index (χ0v) is 16.9. The van der Waals surface area contributed by atoms with Gasteiger partial charge in [-0.15, -0.1) is 0 Å². The molecule has 0 heterocycles. The quantitative estimate of drug-likeness (QED) is 0.422. The Balaban J connectivity index is 1.94. The van der Waals surface area contributed by atoms with Crippen LogP contribution in [-0.2, 0) is 4.79 Å². The molecule has 0 atom stereocenters. The largest absolute Gasteiger partial charge is 0.494 e. The highest BCUT2D eigenvalue weighted by Crippen LogP contribution is 2.29. The predicted molar refractivity (Wildman–Crippen MR) is 113 cm³/mol. The van der Waals surface area contributed by atoms with E-state index in [4.69, 9.17) is 14.2 Å². The Morgan fingerprint density at radius 2 is 1.64 bits per heavy atom. The first kappa shape index (κ1) is 21.4.